The predicted molar refractivity (Wildman–Crippen MR) is 432 cm³/mol. The van der Waals surface area contributed by atoms with Crippen LogP contribution >= 0.6 is 0 Å². The van der Waals surface area contributed by atoms with Gasteiger partial charge in [0.05, 0.1) is 12.8 Å². The Morgan fingerprint density at radius 1 is 0.248 bits per heavy atom. The Morgan fingerprint density at radius 2 is 0.446 bits per heavy atom. The first-order valence-electron chi connectivity index (χ1n) is 42.1. The van der Waals surface area contributed by atoms with E-state index in [-0.39, 0.29) is 52.2 Å². The van der Waals surface area contributed by atoms with Gasteiger partial charge in [-0.25, -0.2) is 0 Å². The Bertz CT molecular complexity index is 3390. The molecule has 4 heteroatoms. The maximum atomic E-state index is 12.2. The molecule has 101 heavy (non-hydrogen) atoms. The molecule has 2 unspecified atom stereocenters. The van der Waals surface area contributed by atoms with Gasteiger partial charge >= 0.3 is 0 Å². The molecular formula is C97H134O4. The molecule has 4 nitrogen and oxygen atoms in total. The molecule has 0 bridgehead atoms. The number of unbranched alkanes of at least 4 members (excludes halogenated alkanes) is 30. The van der Waals surface area contributed by atoms with Crippen molar-refractivity contribution in [2.24, 2.45) is 0 Å². The fraction of sp³-hybridized carbons (Fsp3) is 0.588. The fourth-order valence-electron chi connectivity index (χ4n) is 18.9. The summed E-state index contributed by atoms with van der Waals surface area (Å²) in [6, 6.07) is 45.8. The minimum atomic E-state index is -0.0854. The Hall–Kier alpha value is -6.00. The van der Waals surface area contributed by atoms with E-state index in [0.29, 0.717) is 12.8 Å². The molecule has 0 saturated carbocycles. The van der Waals surface area contributed by atoms with Crippen LogP contribution in [0.15, 0.2) is 109 Å². The Kier molecular flexibility index (Phi) is 31.6. The largest absolute Gasteiger partial charge is 0.300 e. The van der Waals surface area contributed by atoms with Gasteiger partial charge in [0.15, 0.2) is 0 Å². The van der Waals surface area contributed by atoms with Gasteiger partial charge in [-0.15, -0.1) is 0 Å². The Balaban J connectivity index is 1.05. The lowest BCUT2D eigenvalue weighted by atomic mass is 9.69. The van der Waals surface area contributed by atoms with Crippen LogP contribution in [0, 0.1) is 13.8 Å². The summed E-state index contributed by atoms with van der Waals surface area (Å²) in [6.45, 7) is 17.1. The van der Waals surface area contributed by atoms with Crippen molar-refractivity contribution in [3.8, 4) is 55.6 Å². The molecule has 0 saturated heterocycles. The molecule has 0 fully saturated rings. The first kappa shape index (κ1) is 79.1. The minimum Gasteiger partial charge on any atom is -0.300 e. The molecule has 3 aliphatic carbocycles. The summed E-state index contributed by atoms with van der Waals surface area (Å²) >= 11 is 0. The molecule has 0 aromatic heterocycles. The molecule has 0 spiro atoms. The van der Waals surface area contributed by atoms with Crippen molar-refractivity contribution in [3.63, 3.8) is 0 Å². The van der Waals surface area contributed by atoms with E-state index in [0.717, 1.165) is 25.7 Å². The van der Waals surface area contributed by atoms with E-state index in [1.165, 1.54) is 325 Å². The van der Waals surface area contributed by atoms with Crippen LogP contribution < -0.4 is 0 Å². The Morgan fingerprint density at radius 3 is 0.683 bits per heavy atom. The monoisotopic (exact) mass is 1360 g/mol. The lowest BCUT2D eigenvalue weighted by Crippen LogP contribution is -2.26. The van der Waals surface area contributed by atoms with Gasteiger partial charge in [0.25, 0.3) is 0 Å². The number of ketones is 4. The quantitative estimate of drug-likeness (QED) is 0.0282. The van der Waals surface area contributed by atoms with Gasteiger partial charge in [0, 0.05) is 29.1 Å². The van der Waals surface area contributed by atoms with Gasteiger partial charge in [0.2, 0.25) is 0 Å². The summed E-state index contributed by atoms with van der Waals surface area (Å²) < 4.78 is 0. The van der Waals surface area contributed by atoms with Crippen molar-refractivity contribution in [1.29, 1.82) is 0 Å². The zero-order valence-corrected chi connectivity index (χ0v) is 65.1. The van der Waals surface area contributed by atoms with Crippen molar-refractivity contribution in [1.82, 2.24) is 0 Å². The number of aryl methyl sites for hydroxylation is 2. The van der Waals surface area contributed by atoms with E-state index >= 15 is 0 Å². The highest BCUT2D eigenvalue weighted by molar-refractivity contribution is 5.98. The van der Waals surface area contributed by atoms with Crippen LogP contribution in [-0.4, -0.2) is 23.1 Å². The number of carbonyl (C=O) groups excluding carboxylic acids is 4. The number of Topliss-reactive ketones (excluding diaryl/α,β-unsaturated/α-hetero) is 4. The van der Waals surface area contributed by atoms with Gasteiger partial charge in [-0.05, 0) is 192 Å². The molecular weight excluding hydrogens is 1230 g/mol. The topological polar surface area (TPSA) is 68.3 Å². The smallest absolute Gasteiger partial charge is 0.140 e. The van der Waals surface area contributed by atoms with Crippen LogP contribution in [0.1, 0.15) is 381 Å². The average Bonchev–Trinajstić information content (AvgIpc) is 1.57. The molecule has 6 aromatic carbocycles. The minimum absolute atomic E-state index is 0.0177. The van der Waals surface area contributed by atoms with Gasteiger partial charge in [0.1, 0.15) is 23.1 Å². The third-order valence-electron chi connectivity index (χ3n) is 24.4. The van der Waals surface area contributed by atoms with E-state index in [2.05, 4.69) is 151 Å². The SMILES string of the molecule is CCCCCCCCC1(CCCCCCCC)c2cc(-c3ccc4c(c3)C(CCCCCC)(CCCCCCCCCCC(=O)CC(C)=O)c3cc(C)ccc3-4)ccc2-c2ccc(-c3ccc4c(c3)C(CCCCCC)(CCCCCCCCCCC(=O)CC(C)=O)c3cc(C)ccc3-4)cc21. The van der Waals surface area contributed by atoms with Gasteiger partial charge in [-0.2, -0.15) is 0 Å². The second kappa shape index (κ2) is 40.3. The van der Waals surface area contributed by atoms with Gasteiger partial charge in [-0.3, -0.25) is 19.2 Å². The summed E-state index contributed by atoms with van der Waals surface area (Å²) in [5, 5.41) is 0. The summed E-state index contributed by atoms with van der Waals surface area (Å²) in [4.78, 5) is 47.2. The summed E-state index contributed by atoms with van der Waals surface area (Å²) in [6.07, 6.45) is 52.8. The number of carbonyl (C=O) groups is 4. The predicted octanol–water partition coefficient (Wildman–Crippen LogP) is 28.8. The highest BCUT2D eigenvalue weighted by Crippen LogP contribution is 2.60. The van der Waals surface area contributed by atoms with Gasteiger partial charge in [-0.1, -0.05) is 342 Å². The van der Waals surface area contributed by atoms with Crippen LogP contribution in [-0.2, 0) is 35.4 Å². The van der Waals surface area contributed by atoms with Crippen molar-refractivity contribution in [2.75, 3.05) is 0 Å². The fourth-order valence-corrected chi connectivity index (χ4v) is 18.9. The van der Waals surface area contributed by atoms with E-state index in [1.807, 2.05) is 0 Å². The molecule has 3 aliphatic rings. The van der Waals surface area contributed by atoms with Crippen LogP contribution in [0.5, 0.6) is 0 Å². The maximum Gasteiger partial charge on any atom is 0.140 e. The molecule has 0 amide bonds. The standard InChI is InChI=1S/C97H134O4/c1-9-13-17-21-33-41-63-97(64-42-34-22-18-14-10-2)93-71-79(77-49-55-85-83-53-47-73(5)65-89(83)95(91(85)69-77,59-39-19-15-11-3)61-43-35-29-25-23-27-31-37-45-81(100)67-75(7)98)51-57-87(93)88-58-52-80(72-94(88)97)78-50-56-86-84-54-48-74(6)66-90(84)96(92(86)70-78,60-40-20-16-12-4)62-44-36-30-26-24-28-32-38-46-82(101)68-76(8)99/h47-58,65-66,69-72H,9-46,59-64,67-68H2,1-8H3. The first-order valence-corrected chi connectivity index (χ1v) is 42.1. The van der Waals surface area contributed by atoms with Crippen LogP contribution in [0.4, 0.5) is 0 Å². The van der Waals surface area contributed by atoms with Crippen LogP contribution in [0.25, 0.3) is 55.6 Å². The number of rotatable bonds is 52. The molecule has 0 heterocycles. The van der Waals surface area contributed by atoms with Crippen molar-refractivity contribution in [2.45, 2.75) is 367 Å². The highest BCUT2D eigenvalue weighted by atomic mass is 16.2. The number of hydrogen-bond acceptors (Lipinski definition) is 4. The lowest BCUT2D eigenvalue weighted by molar-refractivity contribution is -0.127. The molecule has 2 atom stereocenters. The second-order valence-electron chi connectivity index (χ2n) is 32.5. The maximum absolute atomic E-state index is 12.2. The highest BCUT2D eigenvalue weighted by Gasteiger charge is 2.46. The van der Waals surface area contributed by atoms with Gasteiger partial charge < -0.3 is 0 Å². The first-order chi connectivity index (χ1) is 49.2. The third-order valence-corrected chi connectivity index (χ3v) is 24.4. The van der Waals surface area contributed by atoms with E-state index in [4.69, 9.17) is 0 Å². The molecule has 9 rings (SSSR count). The van der Waals surface area contributed by atoms with Crippen molar-refractivity contribution >= 4 is 23.1 Å². The summed E-state index contributed by atoms with van der Waals surface area (Å²) in [5.74, 6) is 0.167. The third kappa shape index (κ3) is 20.7. The number of benzene rings is 6. The molecule has 0 N–H and O–H groups in total. The van der Waals surface area contributed by atoms with E-state index in [9.17, 15) is 19.2 Å². The Labute approximate surface area is 615 Å². The van der Waals surface area contributed by atoms with Crippen molar-refractivity contribution in [3.05, 3.63) is 154 Å². The molecule has 0 aliphatic heterocycles. The molecule has 0 radical (unpaired) electrons. The zero-order chi connectivity index (χ0) is 71.5. The average molecular weight is 1360 g/mol. The van der Waals surface area contributed by atoms with Crippen molar-refractivity contribution < 1.29 is 19.2 Å². The molecule has 546 valence electrons. The summed E-state index contributed by atoms with van der Waals surface area (Å²) in [5.41, 5.74) is 26.3. The lowest BCUT2D eigenvalue weighted by Gasteiger charge is -2.34. The van der Waals surface area contributed by atoms with Crippen LogP contribution in [0.3, 0.4) is 0 Å². The van der Waals surface area contributed by atoms with Crippen LogP contribution in [0.2, 0.25) is 0 Å². The molecule has 6 aromatic rings. The number of hydrogen-bond donors (Lipinski definition) is 0. The number of fused-ring (bicyclic) bond motifs is 9. The summed E-state index contributed by atoms with van der Waals surface area (Å²) in [7, 11) is 0. The zero-order valence-electron chi connectivity index (χ0n) is 65.1. The normalized spacial score (nSPS) is 15.9. The van der Waals surface area contributed by atoms with E-state index in [1.54, 1.807) is 33.4 Å². The second-order valence-corrected chi connectivity index (χ2v) is 32.5. The van der Waals surface area contributed by atoms with E-state index < -0.39 is 0 Å².